The van der Waals surface area contributed by atoms with Crippen LogP contribution in [0.1, 0.15) is 42.4 Å². The van der Waals surface area contributed by atoms with E-state index in [0.717, 1.165) is 48.6 Å². The van der Waals surface area contributed by atoms with E-state index in [2.05, 4.69) is 4.90 Å². The minimum atomic E-state index is -1.50. The highest BCUT2D eigenvalue weighted by molar-refractivity contribution is 5.54. The van der Waals surface area contributed by atoms with Crippen LogP contribution in [0.4, 0.5) is 0 Å². The van der Waals surface area contributed by atoms with Crippen molar-refractivity contribution < 1.29 is 24.4 Å². The molecule has 0 amide bonds. The second kappa shape index (κ2) is 3.83. The first kappa shape index (κ1) is 13.0. The molecular formula is C17H19NO5. The first-order chi connectivity index (χ1) is 11.1. The van der Waals surface area contributed by atoms with E-state index in [-0.39, 0.29) is 24.4 Å². The lowest BCUT2D eigenvalue weighted by molar-refractivity contribution is -0.278. The van der Waals surface area contributed by atoms with Gasteiger partial charge >= 0.3 is 0 Å². The quantitative estimate of drug-likeness (QED) is 0.740. The lowest BCUT2D eigenvalue weighted by Crippen LogP contribution is -2.50. The summed E-state index contributed by atoms with van der Waals surface area (Å²) in [4.78, 5) is 2.43. The van der Waals surface area contributed by atoms with Gasteiger partial charge in [0.25, 0.3) is 0 Å². The van der Waals surface area contributed by atoms with Crippen LogP contribution in [0.5, 0.6) is 11.5 Å². The Morgan fingerprint density at radius 3 is 2.78 bits per heavy atom. The Kier molecular flexibility index (Phi) is 2.17. The van der Waals surface area contributed by atoms with Crippen LogP contribution in [0, 0.1) is 0 Å². The predicted molar refractivity (Wildman–Crippen MR) is 78.2 cm³/mol. The Hall–Kier alpha value is -1.34. The maximum atomic E-state index is 11.2. The highest BCUT2D eigenvalue weighted by atomic mass is 16.7. The zero-order chi connectivity index (χ0) is 15.4. The second-order valence-electron chi connectivity index (χ2n) is 7.50. The molecule has 23 heavy (non-hydrogen) atoms. The summed E-state index contributed by atoms with van der Waals surface area (Å²) in [5, 5.41) is 21.8. The molecule has 2 N–H and O–H groups in total. The van der Waals surface area contributed by atoms with Gasteiger partial charge in [0.1, 0.15) is 6.10 Å². The highest BCUT2D eigenvalue weighted by Crippen LogP contribution is 2.64. The van der Waals surface area contributed by atoms with Crippen LogP contribution in [0.25, 0.3) is 0 Å². The van der Waals surface area contributed by atoms with E-state index in [0.29, 0.717) is 6.42 Å². The molecule has 1 saturated carbocycles. The van der Waals surface area contributed by atoms with Gasteiger partial charge in [-0.2, -0.15) is 0 Å². The molecule has 122 valence electrons. The molecule has 1 unspecified atom stereocenters. The summed E-state index contributed by atoms with van der Waals surface area (Å²) in [5.74, 6) is -0.257. The Balaban J connectivity index is 1.65. The molecule has 1 aromatic carbocycles. The average molecular weight is 317 g/mol. The van der Waals surface area contributed by atoms with Gasteiger partial charge in [-0.25, -0.2) is 0 Å². The van der Waals surface area contributed by atoms with Crippen molar-refractivity contribution in [1.82, 2.24) is 4.90 Å². The van der Waals surface area contributed by atoms with Gasteiger partial charge in [-0.15, -0.1) is 0 Å². The fourth-order valence-corrected chi connectivity index (χ4v) is 5.75. The Labute approximate surface area is 133 Å². The van der Waals surface area contributed by atoms with Crippen LogP contribution in [0.2, 0.25) is 0 Å². The first-order valence-electron chi connectivity index (χ1n) is 8.38. The first-order valence-corrected chi connectivity index (χ1v) is 8.38. The lowest BCUT2D eigenvalue weighted by atomic mass is 9.76. The summed E-state index contributed by atoms with van der Waals surface area (Å²) in [6.45, 7) is 2.00. The maximum absolute atomic E-state index is 11.2. The van der Waals surface area contributed by atoms with Gasteiger partial charge in [-0.3, -0.25) is 4.90 Å². The van der Waals surface area contributed by atoms with Crippen LogP contribution in [0.15, 0.2) is 12.1 Å². The summed E-state index contributed by atoms with van der Waals surface area (Å²) in [5.41, 5.74) is 1.93. The number of ether oxygens (including phenoxy) is 3. The smallest absolute Gasteiger partial charge is 0.231 e. The van der Waals surface area contributed by atoms with Gasteiger partial charge < -0.3 is 24.4 Å². The number of nitrogens with zero attached hydrogens (tertiary/aromatic N) is 1. The molecule has 1 aliphatic carbocycles. The van der Waals surface area contributed by atoms with Crippen LogP contribution in [-0.4, -0.2) is 52.4 Å². The number of aliphatic hydroxyl groups excluding tert-OH is 1. The number of hydrogen-bond donors (Lipinski definition) is 2. The molecule has 5 heterocycles. The highest BCUT2D eigenvalue weighted by Gasteiger charge is 2.71. The van der Waals surface area contributed by atoms with E-state index in [9.17, 15) is 10.2 Å². The Morgan fingerprint density at radius 1 is 1.17 bits per heavy atom. The molecule has 5 aliphatic heterocycles. The van der Waals surface area contributed by atoms with Gasteiger partial charge in [-0.05, 0) is 49.1 Å². The predicted octanol–water partition coefficient (Wildman–Crippen LogP) is 0.872. The zero-order valence-electron chi connectivity index (χ0n) is 12.7. The molecule has 0 aromatic heterocycles. The zero-order valence-corrected chi connectivity index (χ0v) is 12.7. The average Bonchev–Trinajstić information content (AvgIpc) is 3.14. The van der Waals surface area contributed by atoms with Crippen LogP contribution < -0.4 is 9.47 Å². The maximum Gasteiger partial charge on any atom is 0.231 e. The minimum absolute atomic E-state index is 0.206. The van der Waals surface area contributed by atoms with E-state index in [1.54, 1.807) is 0 Å². The van der Waals surface area contributed by atoms with Gasteiger partial charge in [0.2, 0.25) is 12.6 Å². The largest absolute Gasteiger partial charge is 0.454 e. The minimum Gasteiger partial charge on any atom is -0.454 e. The molecule has 0 radical (unpaired) electrons. The van der Waals surface area contributed by atoms with E-state index in [1.807, 2.05) is 12.1 Å². The number of aliphatic hydroxyl groups is 2. The molecule has 6 nitrogen and oxygen atoms in total. The van der Waals surface area contributed by atoms with Gasteiger partial charge in [0.05, 0.1) is 12.0 Å². The fourth-order valence-electron chi connectivity index (χ4n) is 5.75. The van der Waals surface area contributed by atoms with Crippen LogP contribution in [0.3, 0.4) is 0 Å². The molecule has 6 aliphatic rings. The third-order valence-corrected chi connectivity index (χ3v) is 6.60. The summed E-state index contributed by atoms with van der Waals surface area (Å²) >= 11 is 0. The van der Waals surface area contributed by atoms with Crippen molar-refractivity contribution >= 4 is 0 Å². The Morgan fingerprint density at radius 2 is 1.96 bits per heavy atom. The van der Waals surface area contributed by atoms with Crippen molar-refractivity contribution in [2.24, 2.45) is 0 Å². The molecule has 4 bridgehead atoms. The van der Waals surface area contributed by atoms with Gasteiger partial charge in [0.15, 0.2) is 11.5 Å². The van der Waals surface area contributed by atoms with Crippen molar-refractivity contribution in [3.63, 3.8) is 0 Å². The summed E-state index contributed by atoms with van der Waals surface area (Å²) in [6, 6.07) is 4.01. The van der Waals surface area contributed by atoms with Crippen LogP contribution >= 0.6 is 0 Å². The summed E-state index contributed by atoms with van der Waals surface area (Å²) in [7, 11) is 0. The van der Waals surface area contributed by atoms with E-state index in [1.165, 1.54) is 0 Å². The molecule has 6 heteroatoms. The molecular weight excluding hydrogens is 298 g/mol. The van der Waals surface area contributed by atoms with Gasteiger partial charge in [-0.1, -0.05) is 0 Å². The Bertz CT molecular complexity index is 723. The molecule has 7 rings (SSSR count). The monoisotopic (exact) mass is 317 g/mol. The SMILES string of the molecule is O[C@@H]1C[C@]23CCCN2CC2O[C@]1(O)[C@H]3c1cc3c(cc12)OCO3. The molecule has 2 saturated heterocycles. The standard InChI is InChI=1S/C17H19NO5/c19-14-6-16-2-1-3-18(16)7-13-9-4-11-12(22-8-21-11)5-10(9)15(16)17(14,20)23-13/h4-5,13-15,19-20H,1-3,6-8H2/t13?,14-,15+,16+,17+/m1/s1. The topological polar surface area (TPSA) is 71.4 Å². The van der Waals surface area contributed by atoms with E-state index < -0.39 is 11.9 Å². The number of hydrogen-bond acceptors (Lipinski definition) is 6. The third kappa shape index (κ3) is 1.33. The van der Waals surface area contributed by atoms with Crippen molar-refractivity contribution in [2.75, 3.05) is 19.9 Å². The molecule has 5 atom stereocenters. The van der Waals surface area contributed by atoms with Gasteiger partial charge in [0, 0.05) is 12.1 Å². The molecule has 1 aromatic rings. The number of benzene rings is 1. The summed E-state index contributed by atoms with van der Waals surface area (Å²) < 4.78 is 17.2. The fraction of sp³-hybridized carbons (Fsp3) is 0.647. The molecule has 1 spiro atoms. The second-order valence-corrected chi connectivity index (χ2v) is 7.50. The van der Waals surface area contributed by atoms with Crippen molar-refractivity contribution in [1.29, 1.82) is 0 Å². The summed E-state index contributed by atoms with van der Waals surface area (Å²) in [6.07, 6.45) is 1.56. The van der Waals surface area contributed by atoms with Crippen molar-refractivity contribution in [3.05, 3.63) is 23.3 Å². The van der Waals surface area contributed by atoms with Crippen molar-refractivity contribution in [2.45, 2.75) is 48.7 Å². The lowest BCUT2D eigenvalue weighted by Gasteiger charge is -2.42. The van der Waals surface area contributed by atoms with Crippen LogP contribution in [-0.2, 0) is 4.74 Å². The molecule has 3 fully saturated rings. The number of rotatable bonds is 0. The van der Waals surface area contributed by atoms with E-state index in [4.69, 9.17) is 14.2 Å². The van der Waals surface area contributed by atoms with Crippen molar-refractivity contribution in [3.8, 4) is 11.5 Å². The van der Waals surface area contributed by atoms with E-state index >= 15 is 0 Å². The normalized spacial score (nSPS) is 45.9. The third-order valence-electron chi connectivity index (χ3n) is 6.60. The number of fused-ring (bicyclic) bond motifs is 1.